The summed E-state index contributed by atoms with van der Waals surface area (Å²) in [7, 11) is 0. The van der Waals surface area contributed by atoms with Crippen molar-refractivity contribution in [1.29, 1.82) is 0 Å². The second-order valence-corrected chi connectivity index (χ2v) is 9.13. The van der Waals surface area contributed by atoms with Gasteiger partial charge in [0.2, 0.25) is 5.91 Å². The number of anilines is 2. The molecule has 1 aromatic heterocycles. The summed E-state index contributed by atoms with van der Waals surface area (Å²) in [6.07, 6.45) is 0.0655. The van der Waals surface area contributed by atoms with Gasteiger partial charge >= 0.3 is 5.97 Å². The lowest BCUT2D eigenvalue weighted by Crippen LogP contribution is -2.16. The number of carbonyl (C=O) groups excluding carboxylic acids is 3. The summed E-state index contributed by atoms with van der Waals surface area (Å²) < 4.78 is 5.14. The molecule has 172 valence electrons. The van der Waals surface area contributed by atoms with Crippen molar-refractivity contribution in [2.24, 2.45) is 0 Å². The number of hydrogen-bond acceptors (Lipinski definition) is 5. The fourth-order valence-electron chi connectivity index (χ4n) is 3.01. The van der Waals surface area contributed by atoms with E-state index in [0.717, 1.165) is 16.9 Å². The van der Waals surface area contributed by atoms with Crippen LogP contribution in [-0.2, 0) is 16.0 Å². The van der Waals surface area contributed by atoms with Crippen molar-refractivity contribution in [3.63, 3.8) is 0 Å². The van der Waals surface area contributed by atoms with E-state index >= 15 is 0 Å². The zero-order chi connectivity index (χ0) is 24.1. The first-order valence-corrected chi connectivity index (χ1v) is 11.8. The van der Waals surface area contributed by atoms with Crippen LogP contribution in [0, 0.1) is 6.92 Å². The van der Waals surface area contributed by atoms with Crippen LogP contribution in [0.1, 0.15) is 38.1 Å². The van der Waals surface area contributed by atoms with Gasteiger partial charge in [0.05, 0.1) is 39.2 Å². The summed E-state index contributed by atoms with van der Waals surface area (Å²) in [5, 5.41) is 6.71. The topological polar surface area (TPSA) is 84.5 Å². The van der Waals surface area contributed by atoms with Crippen molar-refractivity contribution in [3.05, 3.63) is 79.1 Å². The molecule has 0 fully saturated rings. The van der Waals surface area contributed by atoms with Gasteiger partial charge in [-0.1, -0.05) is 53.0 Å². The Balaban J connectivity index is 1.89. The summed E-state index contributed by atoms with van der Waals surface area (Å²) in [4.78, 5) is 38.5. The summed E-state index contributed by atoms with van der Waals surface area (Å²) in [5.41, 5.74) is 1.59. The quantitative estimate of drug-likeness (QED) is 0.339. The maximum atomic E-state index is 13.0. The Morgan fingerprint density at radius 3 is 2.36 bits per heavy atom. The van der Waals surface area contributed by atoms with Crippen molar-refractivity contribution in [3.8, 4) is 0 Å². The number of rotatable bonds is 7. The lowest BCUT2D eigenvalue weighted by atomic mass is 10.1. The summed E-state index contributed by atoms with van der Waals surface area (Å²) in [6.45, 7) is 3.44. The van der Waals surface area contributed by atoms with Crippen LogP contribution >= 0.6 is 46.1 Å². The molecule has 0 aliphatic rings. The molecular formula is C23H19Cl3N2O4S. The molecule has 2 aromatic carbocycles. The van der Waals surface area contributed by atoms with Gasteiger partial charge in [0.15, 0.2) is 0 Å². The van der Waals surface area contributed by atoms with Gasteiger partial charge in [-0.15, -0.1) is 11.3 Å². The van der Waals surface area contributed by atoms with E-state index in [4.69, 9.17) is 39.5 Å². The monoisotopic (exact) mass is 524 g/mol. The van der Waals surface area contributed by atoms with Crippen LogP contribution in [-0.4, -0.2) is 24.4 Å². The minimum absolute atomic E-state index is 0.0655. The molecule has 10 heteroatoms. The number of amides is 2. The molecule has 33 heavy (non-hydrogen) atoms. The van der Waals surface area contributed by atoms with E-state index in [1.165, 1.54) is 0 Å². The normalized spacial score (nSPS) is 10.6. The number of nitrogens with one attached hydrogen (secondary N) is 2. The molecule has 2 N–H and O–H groups in total. The average Bonchev–Trinajstić information content (AvgIpc) is 3.09. The van der Waals surface area contributed by atoms with E-state index in [-0.39, 0.29) is 39.4 Å². The maximum Gasteiger partial charge on any atom is 0.341 e. The van der Waals surface area contributed by atoms with E-state index in [1.807, 2.05) is 0 Å². The Morgan fingerprint density at radius 1 is 1.00 bits per heavy atom. The summed E-state index contributed by atoms with van der Waals surface area (Å²) in [5.74, 6) is -1.48. The molecule has 0 atom stereocenters. The van der Waals surface area contributed by atoms with E-state index in [9.17, 15) is 14.4 Å². The number of esters is 1. The second kappa shape index (κ2) is 11.0. The molecule has 3 aromatic rings. The molecule has 0 radical (unpaired) electrons. The zero-order valence-electron chi connectivity index (χ0n) is 17.6. The van der Waals surface area contributed by atoms with Crippen LogP contribution in [0.5, 0.6) is 0 Å². The van der Waals surface area contributed by atoms with Crippen LogP contribution in [0.15, 0.2) is 42.5 Å². The Morgan fingerprint density at radius 2 is 1.70 bits per heavy atom. The molecule has 0 saturated heterocycles. The van der Waals surface area contributed by atoms with Gasteiger partial charge in [0.1, 0.15) is 5.00 Å². The van der Waals surface area contributed by atoms with E-state index in [1.54, 1.807) is 56.3 Å². The summed E-state index contributed by atoms with van der Waals surface area (Å²) >= 11 is 19.0. The standard InChI is InChI=1S/C23H19Cl3N2O4S/c1-3-32-23(31)18-12(2)20(21(30)27-16-6-4-5-15(25)19(16)26)33-22(18)28-17(29)11-13-7-9-14(24)10-8-13/h4-10H,3,11H2,1-2H3,(H,27,30)(H,28,29). The van der Waals surface area contributed by atoms with Crippen molar-refractivity contribution in [2.45, 2.75) is 20.3 Å². The van der Waals surface area contributed by atoms with Crippen LogP contribution in [0.3, 0.4) is 0 Å². The highest BCUT2D eigenvalue weighted by molar-refractivity contribution is 7.19. The highest BCUT2D eigenvalue weighted by Crippen LogP contribution is 2.36. The van der Waals surface area contributed by atoms with E-state index < -0.39 is 11.9 Å². The number of ether oxygens (including phenoxy) is 1. The maximum absolute atomic E-state index is 13.0. The van der Waals surface area contributed by atoms with Crippen molar-refractivity contribution in [2.75, 3.05) is 17.2 Å². The van der Waals surface area contributed by atoms with Crippen LogP contribution in [0.25, 0.3) is 0 Å². The van der Waals surface area contributed by atoms with Gasteiger partial charge < -0.3 is 15.4 Å². The fraction of sp³-hybridized carbons (Fsp3) is 0.174. The lowest BCUT2D eigenvalue weighted by molar-refractivity contribution is -0.115. The highest BCUT2D eigenvalue weighted by Gasteiger charge is 2.27. The number of carbonyl (C=O) groups is 3. The molecule has 6 nitrogen and oxygen atoms in total. The van der Waals surface area contributed by atoms with Crippen molar-refractivity contribution < 1.29 is 19.1 Å². The van der Waals surface area contributed by atoms with Crippen LogP contribution < -0.4 is 10.6 Å². The number of halogens is 3. The van der Waals surface area contributed by atoms with Gasteiger partial charge in [-0.05, 0) is 49.2 Å². The zero-order valence-corrected chi connectivity index (χ0v) is 20.7. The van der Waals surface area contributed by atoms with Gasteiger partial charge in [-0.3, -0.25) is 9.59 Å². The van der Waals surface area contributed by atoms with E-state index in [2.05, 4.69) is 10.6 Å². The molecule has 0 saturated carbocycles. The minimum Gasteiger partial charge on any atom is -0.462 e. The molecule has 0 aliphatic carbocycles. The van der Waals surface area contributed by atoms with Crippen LogP contribution in [0.4, 0.5) is 10.7 Å². The highest BCUT2D eigenvalue weighted by atomic mass is 35.5. The molecule has 0 spiro atoms. The van der Waals surface area contributed by atoms with Gasteiger partial charge in [-0.25, -0.2) is 4.79 Å². The fourth-order valence-corrected chi connectivity index (χ4v) is 4.59. The third-order valence-corrected chi connectivity index (χ3v) is 6.84. The minimum atomic E-state index is -0.632. The van der Waals surface area contributed by atoms with Gasteiger partial charge in [0.25, 0.3) is 5.91 Å². The second-order valence-electron chi connectivity index (χ2n) is 6.89. The molecule has 0 bridgehead atoms. The third-order valence-electron chi connectivity index (χ3n) is 4.56. The number of benzene rings is 2. The molecular weight excluding hydrogens is 507 g/mol. The lowest BCUT2D eigenvalue weighted by Gasteiger charge is -2.08. The molecule has 0 aliphatic heterocycles. The largest absolute Gasteiger partial charge is 0.462 e. The Kier molecular flexibility index (Phi) is 8.37. The number of hydrogen-bond donors (Lipinski definition) is 2. The average molecular weight is 526 g/mol. The third kappa shape index (κ3) is 6.06. The predicted octanol–water partition coefficient (Wildman–Crippen LogP) is 6.63. The summed E-state index contributed by atoms with van der Waals surface area (Å²) in [6, 6.07) is 11.7. The Bertz CT molecular complexity index is 1210. The van der Waals surface area contributed by atoms with Crippen molar-refractivity contribution in [1.82, 2.24) is 0 Å². The van der Waals surface area contributed by atoms with E-state index in [0.29, 0.717) is 21.3 Å². The molecule has 2 amide bonds. The van der Waals surface area contributed by atoms with Gasteiger partial charge in [0, 0.05) is 5.02 Å². The SMILES string of the molecule is CCOC(=O)c1c(NC(=O)Cc2ccc(Cl)cc2)sc(C(=O)Nc2cccc(Cl)c2Cl)c1C. The predicted molar refractivity (Wildman–Crippen MR) is 133 cm³/mol. The first kappa shape index (κ1) is 25.1. The van der Waals surface area contributed by atoms with Crippen LogP contribution in [0.2, 0.25) is 15.1 Å². The van der Waals surface area contributed by atoms with Crippen molar-refractivity contribution >= 4 is 74.6 Å². The molecule has 1 heterocycles. The Hall–Kier alpha value is -2.58. The molecule has 3 rings (SSSR count). The first-order chi connectivity index (χ1) is 15.7. The number of thiophene rings is 1. The van der Waals surface area contributed by atoms with Gasteiger partial charge in [-0.2, -0.15) is 0 Å². The molecule has 0 unspecified atom stereocenters. The smallest absolute Gasteiger partial charge is 0.341 e. The first-order valence-electron chi connectivity index (χ1n) is 9.81. The Labute approximate surface area is 209 Å².